The normalized spacial score (nSPS) is 25.9. The summed E-state index contributed by atoms with van der Waals surface area (Å²) in [5.74, 6) is 0. The highest BCUT2D eigenvalue weighted by atomic mass is 19.4. The molecule has 0 spiro atoms. The van der Waals surface area contributed by atoms with Gasteiger partial charge in [0.25, 0.3) is 0 Å². The first-order chi connectivity index (χ1) is 14.4. The summed E-state index contributed by atoms with van der Waals surface area (Å²) < 4.78 is 38.3. The molecule has 7 heteroatoms. The number of piperidine rings is 1. The van der Waals surface area contributed by atoms with Gasteiger partial charge in [-0.1, -0.05) is 58.0 Å². The van der Waals surface area contributed by atoms with Crippen LogP contribution in [0.5, 0.6) is 0 Å². The van der Waals surface area contributed by atoms with Gasteiger partial charge in [0.05, 0.1) is 0 Å². The zero-order valence-electron chi connectivity index (χ0n) is 18.7. The van der Waals surface area contributed by atoms with E-state index in [2.05, 4.69) is 39.0 Å². The fraction of sp³-hybridized carbons (Fsp3) is 0.625. The molecule has 0 saturated carbocycles. The number of aliphatic hydroxyl groups excluding tert-OH is 1. The lowest BCUT2D eigenvalue weighted by Crippen LogP contribution is -2.66. The highest BCUT2D eigenvalue weighted by Gasteiger charge is 2.57. The number of nitrogens with zero attached hydrogens (tertiary/aromatic N) is 2. The Hall–Kier alpha value is -2.02. The number of carbonyl (C=O) groups excluding carboxylic acids is 1. The molecule has 1 aliphatic heterocycles. The molecule has 3 rings (SSSR count). The summed E-state index contributed by atoms with van der Waals surface area (Å²) in [4.78, 5) is 16.7. The predicted molar refractivity (Wildman–Crippen MR) is 115 cm³/mol. The Labute approximate surface area is 182 Å². The third kappa shape index (κ3) is 4.21. The van der Waals surface area contributed by atoms with E-state index < -0.39 is 18.7 Å². The van der Waals surface area contributed by atoms with Crippen LogP contribution in [0, 0.1) is 5.41 Å². The maximum atomic E-state index is 13.5. The summed E-state index contributed by atoms with van der Waals surface area (Å²) in [6.07, 6.45) is -2.20. The van der Waals surface area contributed by atoms with Crippen molar-refractivity contribution < 1.29 is 23.1 Å². The first-order valence-corrected chi connectivity index (χ1v) is 11.0. The van der Waals surface area contributed by atoms with Gasteiger partial charge in [-0.3, -0.25) is 0 Å². The molecule has 31 heavy (non-hydrogen) atoms. The number of alkyl halides is 3. The molecule has 1 N–H and O–H groups in total. The van der Waals surface area contributed by atoms with Crippen LogP contribution in [0.15, 0.2) is 36.5 Å². The summed E-state index contributed by atoms with van der Waals surface area (Å²) in [7, 11) is 0. The van der Waals surface area contributed by atoms with Gasteiger partial charge in [0, 0.05) is 37.2 Å². The number of likely N-dealkylation sites (tertiary alicyclic amines) is 1. The topological polar surface area (TPSA) is 43.8 Å². The molecule has 172 valence electrons. The fourth-order valence-electron chi connectivity index (χ4n) is 5.16. The molecule has 1 fully saturated rings. The van der Waals surface area contributed by atoms with Crippen LogP contribution in [0.2, 0.25) is 0 Å². The molecule has 1 heterocycles. The Morgan fingerprint density at radius 1 is 1.32 bits per heavy atom. The van der Waals surface area contributed by atoms with Gasteiger partial charge in [-0.25, -0.2) is 4.79 Å². The molecule has 2 bridgehead atoms. The number of aliphatic hydroxyl groups is 1. The molecular weight excluding hydrogens is 405 g/mol. The van der Waals surface area contributed by atoms with Crippen molar-refractivity contribution in [2.75, 3.05) is 13.1 Å². The zero-order valence-corrected chi connectivity index (χ0v) is 18.7. The molecule has 1 saturated heterocycles. The van der Waals surface area contributed by atoms with Crippen molar-refractivity contribution in [3.8, 4) is 0 Å². The van der Waals surface area contributed by atoms with Gasteiger partial charge in [-0.15, -0.1) is 0 Å². The van der Waals surface area contributed by atoms with Crippen molar-refractivity contribution in [3.05, 3.63) is 47.7 Å². The average molecular weight is 439 g/mol. The standard InChI is InChI=1S/C24H33F3N2O2/c1-5-6-13-28(14-11-20(30)24(25,26)27)21(31)29-15-12-23(4)18-10-8-7-9-17(18)16-19(29)22(23,2)3/h6-10,13,19-20,30H,5,11-12,14-16H2,1-4H3/b13-6-/t19-,20-,23+/m1/s1. The van der Waals surface area contributed by atoms with Crippen LogP contribution >= 0.6 is 0 Å². The van der Waals surface area contributed by atoms with Crippen molar-refractivity contribution in [2.45, 2.75) is 77.1 Å². The van der Waals surface area contributed by atoms with Crippen LogP contribution in [0.25, 0.3) is 0 Å². The number of carbonyl (C=O) groups is 1. The van der Waals surface area contributed by atoms with Crippen molar-refractivity contribution in [1.82, 2.24) is 9.80 Å². The molecule has 0 unspecified atom stereocenters. The van der Waals surface area contributed by atoms with Gasteiger partial charge in [0.2, 0.25) is 0 Å². The molecule has 3 atom stereocenters. The van der Waals surface area contributed by atoms with Gasteiger partial charge < -0.3 is 14.9 Å². The van der Waals surface area contributed by atoms with Crippen LogP contribution < -0.4 is 0 Å². The Balaban J connectivity index is 1.87. The lowest BCUT2D eigenvalue weighted by atomic mass is 9.51. The van der Waals surface area contributed by atoms with E-state index in [4.69, 9.17) is 0 Å². The molecule has 0 radical (unpaired) electrons. The van der Waals surface area contributed by atoms with E-state index in [0.29, 0.717) is 13.0 Å². The minimum absolute atomic E-state index is 0.0567. The van der Waals surface area contributed by atoms with Gasteiger partial charge in [-0.2, -0.15) is 13.2 Å². The summed E-state index contributed by atoms with van der Waals surface area (Å²) in [6, 6.07) is 8.01. The number of benzene rings is 1. The van der Waals surface area contributed by atoms with Crippen LogP contribution in [0.1, 0.15) is 58.1 Å². The van der Waals surface area contributed by atoms with Crippen molar-refractivity contribution in [3.63, 3.8) is 0 Å². The quantitative estimate of drug-likeness (QED) is 0.682. The van der Waals surface area contributed by atoms with Crippen LogP contribution in [0.4, 0.5) is 18.0 Å². The van der Waals surface area contributed by atoms with Crippen LogP contribution in [-0.4, -0.2) is 52.3 Å². The lowest BCUT2D eigenvalue weighted by Gasteiger charge is -2.61. The van der Waals surface area contributed by atoms with Crippen LogP contribution in [-0.2, 0) is 11.8 Å². The number of halogens is 3. The molecule has 4 nitrogen and oxygen atoms in total. The first-order valence-electron chi connectivity index (χ1n) is 11.0. The van der Waals surface area contributed by atoms with Gasteiger partial charge in [-0.05, 0) is 35.8 Å². The minimum Gasteiger partial charge on any atom is -0.384 e. The second-order valence-corrected chi connectivity index (χ2v) is 9.49. The maximum absolute atomic E-state index is 13.5. The highest BCUT2D eigenvalue weighted by Crippen LogP contribution is 2.56. The maximum Gasteiger partial charge on any atom is 0.414 e. The number of rotatable bonds is 5. The van der Waals surface area contributed by atoms with E-state index in [1.807, 2.05) is 17.9 Å². The van der Waals surface area contributed by atoms with E-state index in [0.717, 1.165) is 12.8 Å². The molecular formula is C24H33F3N2O2. The summed E-state index contributed by atoms with van der Waals surface area (Å²) in [6.45, 7) is 8.90. The number of hydrogen-bond acceptors (Lipinski definition) is 2. The third-order valence-electron chi connectivity index (χ3n) is 7.54. The van der Waals surface area contributed by atoms with E-state index in [1.54, 1.807) is 12.3 Å². The number of hydrogen-bond donors (Lipinski definition) is 1. The second kappa shape index (κ2) is 8.49. The van der Waals surface area contributed by atoms with Crippen molar-refractivity contribution in [1.29, 1.82) is 0 Å². The van der Waals surface area contributed by atoms with Gasteiger partial charge in [0.15, 0.2) is 6.10 Å². The van der Waals surface area contributed by atoms with Crippen molar-refractivity contribution >= 4 is 6.03 Å². The zero-order chi connectivity index (χ0) is 23.0. The van der Waals surface area contributed by atoms with E-state index in [1.165, 1.54) is 16.0 Å². The molecule has 1 aliphatic carbocycles. The predicted octanol–water partition coefficient (Wildman–Crippen LogP) is 5.26. The molecule has 0 aromatic heterocycles. The SMILES string of the molecule is CC/C=C\N(CC[C@@H](O)C(F)(F)F)C(=O)N1CC[C@@]2(C)c3ccccc3C[C@@H]1C2(C)C. The monoisotopic (exact) mass is 438 g/mol. The fourth-order valence-corrected chi connectivity index (χ4v) is 5.16. The summed E-state index contributed by atoms with van der Waals surface area (Å²) in [5, 5.41) is 9.42. The Kier molecular flexibility index (Phi) is 6.47. The molecule has 2 aliphatic rings. The number of urea groups is 1. The Morgan fingerprint density at radius 3 is 2.65 bits per heavy atom. The first kappa shape index (κ1) is 23.6. The van der Waals surface area contributed by atoms with Crippen molar-refractivity contribution in [2.24, 2.45) is 5.41 Å². The van der Waals surface area contributed by atoms with Gasteiger partial charge in [0.1, 0.15) is 0 Å². The number of amides is 2. The second-order valence-electron chi connectivity index (χ2n) is 9.49. The lowest BCUT2D eigenvalue weighted by molar-refractivity contribution is -0.205. The molecule has 1 aromatic carbocycles. The Bertz CT molecular complexity index is 836. The van der Waals surface area contributed by atoms with Gasteiger partial charge >= 0.3 is 12.2 Å². The third-order valence-corrected chi connectivity index (χ3v) is 7.54. The van der Waals surface area contributed by atoms with E-state index in [-0.39, 0.29) is 29.4 Å². The summed E-state index contributed by atoms with van der Waals surface area (Å²) in [5.41, 5.74) is 2.29. The Morgan fingerprint density at radius 2 is 2.00 bits per heavy atom. The minimum atomic E-state index is -4.69. The number of fused-ring (bicyclic) bond motifs is 4. The smallest absolute Gasteiger partial charge is 0.384 e. The summed E-state index contributed by atoms with van der Waals surface area (Å²) >= 11 is 0. The van der Waals surface area contributed by atoms with E-state index in [9.17, 15) is 23.1 Å². The van der Waals surface area contributed by atoms with E-state index >= 15 is 0 Å². The molecule has 1 aromatic rings. The highest BCUT2D eigenvalue weighted by molar-refractivity contribution is 5.76. The number of allylic oxidation sites excluding steroid dienone is 1. The largest absolute Gasteiger partial charge is 0.414 e. The molecule has 2 amide bonds. The van der Waals surface area contributed by atoms with Crippen LogP contribution in [0.3, 0.4) is 0 Å². The average Bonchev–Trinajstić information content (AvgIpc) is 2.69.